The van der Waals surface area contributed by atoms with Gasteiger partial charge in [-0.15, -0.1) is 0 Å². The summed E-state index contributed by atoms with van der Waals surface area (Å²) < 4.78 is 40.1. The van der Waals surface area contributed by atoms with Gasteiger partial charge in [-0.05, 0) is 18.6 Å². The number of halogens is 3. The maximum absolute atomic E-state index is 12.8. The number of aromatic nitrogens is 2. The van der Waals surface area contributed by atoms with Crippen molar-refractivity contribution in [1.82, 2.24) is 9.78 Å². The molecule has 0 N–H and O–H groups in total. The summed E-state index contributed by atoms with van der Waals surface area (Å²) in [4.78, 5) is 12.0. The molecule has 0 saturated carbocycles. The predicted molar refractivity (Wildman–Crippen MR) is 67.3 cm³/mol. The maximum atomic E-state index is 12.8. The van der Waals surface area contributed by atoms with Crippen molar-refractivity contribution in [2.24, 2.45) is 7.05 Å². The number of ketones is 1. The van der Waals surface area contributed by atoms with Crippen LogP contribution in [0.25, 0.3) is 0 Å². The molecule has 3 nitrogen and oxygen atoms in total. The van der Waals surface area contributed by atoms with Crippen molar-refractivity contribution < 1.29 is 18.0 Å². The molecule has 0 amide bonds. The third-order valence-corrected chi connectivity index (χ3v) is 3.06. The highest BCUT2D eigenvalue weighted by atomic mass is 19.4. The van der Waals surface area contributed by atoms with Crippen molar-refractivity contribution in [1.29, 1.82) is 0 Å². The molecule has 1 aromatic carbocycles. The smallest absolute Gasteiger partial charge is 0.294 e. The monoisotopic (exact) mass is 282 g/mol. The van der Waals surface area contributed by atoms with Gasteiger partial charge in [-0.25, -0.2) is 0 Å². The van der Waals surface area contributed by atoms with Crippen LogP contribution >= 0.6 is 0 Å². The van der Waals surface area contributed by atoms with E-state index in [0.29, 0.717) is 6.42 Å². The minimum atomic E-state index is -4.52. The summed E-state index contributed by atoms with van der Waals surface area (Å²) in [7, 11) is 1.73. The number of hydrogen-bond acceptors (Lipinski definition) is 2. The first-order valence-corrected chi connectivity index (χ1v) is 6.06. The molecule has 106 valence electrons. The van der Waals surface area contributed by atoms with Gasteiger partial charge in [0.25, 0.3) is 0 Å². The Bertz CT molecular complexity index is 617. The second-order valence-electron chi connectivity index (χ2n) is 4.41. The van der Waals surface area contributed by atoms with Gasteiger partial charge in [0.1, 0.15) is 0 Å². The number of alkyl halides is 3. The average Bonchev–Trinajstić information content (AvgIpc) is 2.80. The Hall–Kier alpha value is -2.11. The Labute approximate surface area is 114 Å². The van der Waals surface area contributed by atoms with Crippen LogP contribution in [0.15, 0.2) is 36.5 Å². The molecular formula is C14H13F3N2O. The van der Waals surface area contributed by atoms with Crippen LogP contribution in [0.1, 0.15) is 28.0 Å². The first-order chi connectivity index (χ1) is 9.39. The minimum absolute atomic E-state index is 0.0205. The summed E-state index contributed by atoms with van der Waals surface area (Å²) in [6.45, 7) is 0. The molecule has 2 rings (SSSR count). The Morgan fingerprint density at radius 3 is 2.55 bits per heavy atom. The molecule has 0 aliphatic rings. The fourth-order valence-electron chi connectivity index (χ4n) is 2.00. The fourth-order valence-corrected chi connectivity index (χ4v) is 2.00. The van der Waals surface area contributed by atoms with E-state index in [1.54, 1.807) is 24.0 Å². The van der Waals surface area contributed by atoms with Gasteiger partial charge in [-0.2, -0.15) is 18.3 Å². The molecule has 0 aliphatic carbocycles. The van der Waals surface area contributed by atoms with Gasteiger partial charge in [0.2, 0.25) is 0 Å². The number of rotatable bonds is 4. The zero-order valence-corrected chi connectivity index (χ0v) is 10.8. The van der Waals surface area contributed by atoms with Crippen molar-refractivity contribution in [3.8, 4) is 0 Å². The third kappa shape index (κ3) is 3.07. The zero-order valence-electron chi connectivity index (χ0n) is 10.8. The summed E-state index contributed by atoms with van der Waals surface area (Å²) in [5.41, 5.74) is -0.347. The Morgan fingerprint density at radius 2 is 1.95 bits per heavy atom. The summed E-state index contributed by atoms with van der Waals surface area (Å²) in [6, 6.07) is 6.60. The minimum Gasteiger partial charge on any atom is -0.294 e. The van der Waals surface area contributed by atoms with E-state index >= 15 is 0 Å². The molecule has 2 aromatic rings. The average molecular weight is 282 g/mol. The first-order valence-electron chi connectivity index (χ1n) is 6.06. The molecule has 0 unspecified atom stereocenters. The molecule has 20 heavy (non-hydrogen) atoms. The standard InChI is InChI=1S/C14H13F3N2O/c1-19-10(8-9-18-19)6-7-13(20)11-4-2-3-5-12(11)14(15,16)17/h2-5,8-9H,6-7H2,1H3. The van der Waals surface area contributed by atoms with E-state index in [-0.39, 0.29) is 12.0 Å². The van der Waals surface area contributed by atoms with Crippen molar-refractivity contribution in [3.63, 3.8) is 0 Å². The number of hydrogen-bond donors (Lipinski definition) is 0. The molecule has 6 heteroatoms. The number of benzene rings is 1. The Morgan fingerprint density at radius 1 is 1.25 bits per heavy atom. The zero-order chi connectivity index (χ0) is 14.8. The Kier molecular flexibility index (Phi) is 3.92. The summed E-state index contributed by atoms with van der Waals surface area (Å²) in [5.74, 6) is -0.515. The van der Waals surface area contributed by atoms with E-state index in [4.69, 9.17) is 0 Å². The molecule has 0 saturated heterocycles. The van der Waals surface area contributed by atoms with Crippen molar-refractivity contribution >= 4 is 5.78 Å². The normalized spacial score (nSPS) is 11.6. The van der Waals surface area contributed by atoms with Gasteiger partial charge >= 0.3 is 6.18 Å². The van der Waals surface area contributed by atoms with E-state index in [9.17, 15) is 18.0 Å². The van der Waals surface area contributed by atoms with Crippen LogP contribution in [0.5, 0.6) is 0 Å². The second-order valence-corrected chi connectivity index (χ2v) is 4.41. The number of nitrogens with zero attached hydrogens (tertiary/aromatic N) is 2. The molecule has 0 radical (unpaired) electrons. The molecule has 1 aromatic heterocycles. The summed E-state index contributed by atoms with van der Waals surface area (Å²) in [6.07, 6.45) is -2.55. The van der Waals surface area contributed by atoms with Crippen LogP contribution in [-0.4, -0.2) is 15.6 Å². The highest BCUT2D eigenvalue weighted by Crippen LogP contribution is 2.32. The number of carbonyl (C=O) groups excluding carboxylic acids is 1. The molecule has 0 fully saturated rings. The van der Waals surface area contributed by atoms with Gasteiger partial charge in [0, 0.05) is 30.9 Å². The number of aryl methyl sites for hydroxylation is 2. The molecule has 0 aliphatic heterocycles. The van der Waals surface area contributed by atoms with Crippen LogP contribution in [-0.2, 0) is 19.6 Å². The molecule has 0 bridgehead atoms. The van der Waals surface area contributed by atoms with Crippen molar-refractivity contribution in [3.05, 3.63) is 53.3 Å². The number of Topliss-reactive ketones (excluding diaryl/α,β-unsaturated/α-hetero) is 1. The fraction of sp³-hybridized carbons (Fsp3) is 0.286. The lowest BCUT2D eigenvalue weighted by Gasteiger charge is -2.11. The van der Waals surface area contributed by atoms with Crippen LogP contribution in [0.2, 0.25) is 0 Å². The highest BCUT2D eigenvalue weighted by molar-refractivity contribution is 5.97. The first kappa shape index (κ1) is 14.3. The van der Waals surface area contributed by atoms with Gasteiger partial charge in [0.15, 0.2) is 5.78 Å². The quantitative estimate of drug-likeness (QED) is 0.807. The van der Waals surface area contributed by atoms with E-state index in [1.807, 2.05) is 0 Å². The molecule has 0 spiro atoms. The SMILES string of the molecule is Cn1nccc1CCC(=O)c1ccccc1C(F)(F)F. The molecular weight excluding hydrogens is 269 g/mol. The van der Waals surface area contributed by atoms with Crippen LogP contribution in [0, 0.1) is 0 Å². The topological polar surface area (TPSA) is 34.9 Å². The van der Waals surface area contributed by atoms with Gasteiger partial charge in [0.05, 0.1) is 5.56 Å². The van der Waals surface area contributed by atoms with E-state index in [2.05, 4.69) is 5.10 Å². The third-order valence-electron chi connectivity index (χ3n) is 3.06. The lowest BCUT2D eigenvalue weighted by atomic mass is 9.99. The van der Waals surface area contributed by atoms with E-state index in [1.165, 1.54) is 18.2 Å². The molecule has 1 heterocycles. The predicted octanol–water partition coefficient (Wildman–Crippen LogP) is 3.25. The molecule has 0 atom stereocenters. The number of carbonyl (C=O) groups is 1. The van der Waals surface area contributed by atoms with Gasteiger partial charge in [-0.1, -0.05) is 18.2 Å². The summed E-state index contributed by atoms with van der Waals surface area (Å²) >= 11 is 0. The lowest BCUT2D eigenvalue weighted by Crippen LogP contribution is -2.13. The second kappa shape index (κ2) is 5.48. The van der Waals surface area contributed by atoms with Gasteiger partial charge < -0.3 is 0 Å². The van der Waals surface area contributed by atoms with Gasteiger partial charge in [-0.3, -0.25) is 9.48 Å². The van der Waals surface area contributed by atoms with Crippen molar-refractivity contribution in [2.75, 3.05) is 0 Å². The van der Waals surface area contributed by atoms with E-state index < -0.39 is 17.5 Å². The van der Waals surface area contributed by atoms with Crippen LogP contribution < -0.4 is 0 Å². The van der Waals surface area contributed by atoms with E-state index in [0.717, 1.165) is 11.8 Å². The largest absolute Gasteiger partial charge is 0.417 e. The lowest BCUT2D eigenvalue weighted by molar-refractivity contribution is -0.137. The van der Waals surface area contributed by atoms with Crippen LogP contribution in [0.4, 0.5) is 13.2 Å². The maximum Gasteiger partial charge on any atom is 0.417 e. The van der Waals surface area contributed by atoms with Crippen LogP contribution in [0.3, 0.4) is 0 Å². The Balaban J connectivity index is 2.16. The summed E-state index contributed by atoms with van der Waals surface area (Å²) in [5, 5.41) is 3.95. The highest BCUT2D eigenvalue weighted by Gasteiger charge is 2.34. The van der Waals surface area contributed by atoms with Crippen molar-refractivity contribution in [2.45, 2.75) is 19.0 Å².